The zero-order valence-corrected chi connectivity index (χ0v) is 11.9. The second kappa shape index (κ2) is 5.07. The molecule has 1 heterocycles. The third kappa shape index (κ3) is 2.99. The molecule has 1 aromatic carbocycles. The van der Waals surface area contributed by atoms with Gasteiger partial charge in [0, 0.05) is 4.47 Å². The Morgan fingerprint density at radius 2 is 1.94 bits per heavy atom. The molecule has 17 heavy (non-hydrogen) atoms. The lowest BCUT2D eigenvalue weighted by Gasteiger charge is -2.09. The van der Waals surface area contributed by atoms with Crippen molar-refractivity contribution < 1.29 is 0 Å². The predicted octanol–water partition coefficient (Wildman–Crippen LogP) is 4.86. The summed E-state index contributed by atoms with van der Waals surface area (Å²) >= 11 is 9.54. The van der Waals surface area contributed by atoms with Gasteiger partial charge in [-0.25, -0.2) is 4.98 Å². The highest BCUT2D eigenvalue weighted by Gasteiger charge is 2.03. The van der Waals surface area contributed by atoms with Crippen LogP contribution in [0.1, 0.15) is 11.3 Å². The summed E-state index contributed by atoms with van der Waals surface area (Å²) in [5.41, 5.74) is 2.98. The molecular formula is C13H12BrClN2. The third-order valence-electron chi connectivity index (χ3n) is 2.41. The van der Waals surface area contributed by atoms with Crippen molar-refractivity contribution >= 4 is 39.0 Å². The van der Waals surface area contributed by atoms with E-state index in [1.807, 2.05) is 44.2 Å². The predicted molar refractivity (Wildman–Crippen MR) is 76.1 cm³/mol. The molecule has 2 rings (SSSR count). The zero-order chi connectivity index (χ0) is 12.4. The van der Waals surface area contributed by atoms with Gasteiger partial charge in [-0.15, -0.1) is 0 Å². The van der Waals surface area contributed by atoms with Crippen LogP contribution in [-0.4, -0.2) is 4.98 Å². The number of nitrogens with zero attached hydrogens (tertiary/aromatic N) is 1. The van der Waals surface area contributed by atoms with E-state index in [1.54, 1.807) is 0 Å². The highest BCUT2D eigenvalue weighted by Crippen LogP contribution is 2.26. The lowest BCUT2D eigenvalue weighted by atomic mass is 10.2. The van der Waals surface area contributed by atoms with Crippen molar-refractivity contribution in [3.8, 4) is 0 Å². The first-order chi connectivity index (χ1) is 8.06. The van der Waals surface area contributed by atoms with Crippen molar-refractivity contribution in [2.24, 2.45) is 0 Å². The largest absolute Gasteiger partial charge is 0.339 e. The van der Waals surface area contributed by atoms with Crippen molar-refractivity contribution in [1.29, 1.82) is 0 Å². The van der Waals surface area contributed by atoms with Crippen LogP contribution in [0.4, 0.5) is 11.5 Å². The van der Waals surface area contributed by atoms with Gasteiger partial charge in [-0.05, 0) is 59.6 Å². The third-order valence-corrected chi connectivity index (χ3v) is 3.57. The molecule has 88 valence electrons. The first-order valence-corrected chi connectivity index (χ1v) is 6.39. The zero-order valence-electron chi connectivity index (χ0n) is 9.59. The van der Waals surface area contributed by atoms with Gasteiger partial charge in [-0.2, -0.15) is 0 Å². The molecule has 0 radical (unpaired) electrons. The standard InChI is InChI=1S/C13H12BrClN2/c1-8-3-5-11(15)12(7-8)17-13-6-4-10(14)9(2)16-13/h3-7H,1-2H3,(H,16,17). The maximum absolute atomic E-state index is 6.12. The average molecular weight is 312 g/mol. The molecule has 0 aliphatic heterocycles. The summed E-state index contributed by atoms with van der Waals surface area (Å²) in [7, 11) is 0. The Morgan fingerprint density at radius 3 is 2.65 bits per heavy atom. The molecule has 0 unspecified atom stereocenters. The highest BCUT2D eigenvalue weighted by molar-refractivity contribution is 9.10. The fraction of sp³-hybridized carbons (Fsp3) is 0.154. The van der Waals surface area contributed by atoms with Crippen LogP contribution >= 0.6 is 27.5 Å². The number of benzene rings is 1. The summed E-state index contributed by atoms with van der Waals surface area (Å²) in [5.74, 6) is 0.790. The first-order valence-electron chi connectivity index (χ1n) is 5.22. The van der Waals surface area contributed by atoms with Crippen molar-refractivity contribution in [3.05, 3.63) is 51.1 Å². The number of aryl methyl sites for hydroxylation is 2. The first kappa shape index (κ1) is 12.4. The van der Waals surface area contributed by atoms with Gasteiger partial charge < -0.3 is 5.32 Å². The summed E-state index contributed by atoms with van der Waals surface area (Å²) in [5, 5.41) is 3.91. The van der Waals surface area contributed by atoms with Crippen LogP contribution in [0.3, 0.4) is 0 Å². The van der Waals surface area contributed by atoms with Crippen LogP contribution in [0.25, 0.3) is 0 Å². The molecule has 0 spiro atoms. The molecule has 0 amide bonds. The number of anilines is 2. The van der Waals surface area contributed by atoms with Crippen molar-refractivity contribution in [3.63, 3.8) is 0 Å². The quantitative estimate of drug-likeness (QED) is 0.857. The topological polar surface area (TPSA) is 24.9 Å². The fourth-order valence-electron chi connectivity index (χ4n) is 1.49. The van der Waals surface area contributed by atoms with Gasteiger partial charge in [-0.1, -0.05) is 17.7 Å². The lowest BCUT2D eigenvalue weighted by molar-refractivity contribution is 1.18. The van der Waals surface area contributed by atoms with E-state index in [0.717, 1.165) is 27.2 Å². The Kier molecular flexibility index (Phi) is 3.69. The molecule has 0 fully saturated rings. The molecule has 0 aliphatic carbocycles. The number of aromatic nitrogens is 1. The molecule has 0 bridgehead atoms. The molecule has 0 atom stereocenters. The van der Waals surface area contributed by atoms with Gasteiger partial charge in [-0.3, -0.25) is 0 Å². The summed E-state index contributed by atoms with van der Waals surface area (Å²) in [6.07, 6.45) is 0. The number of hydrogen-bond acceptors (Lipinski definition) is 2. The van der Waals surface area contributed by atoms with E-state index >= 15 is 0 Å². The van der Waals surface area contributed by atoms with Gasteiger partial charge in [0.1, 0.15) is 5.82 Å². The van der Waals surface area contributed by atoms with E-state index in [-0.39, 0.29) is 0 Å². The molecule has 4 heteroatoms. The smallest absolute Gasteiger partial charge is 0.130 e. The normalized spacial score (nSPS) is 10.4. The maximum atomic E-state index is 6.12. The minimum Gasteiger partial charge on any atom is -0.339 e. The monoisotopic (exact) mass is 310 g/mol. The molecule has 0 aliphatic rings. The van der Waals surface area contributed by atoms with Crippen molar-refractivity contribution in [2.75, 3.05) is 5.32 Å². The van der Waals surface area contributed by atoms with Gasteiger partial charge >= 0.3 is 0 Å². The van der Waals surface area contributed by atoms with Crippen LogP contribution in [0, 0.1) is 13.8 Å². The average Bonchev–Trinajstić information content (AvgIpc) is 2.29. The maximum Gasteiger partial charge on any atom is 0.130 e. The van der Waals surface area contributed by atoms with E-state index in [1.165, 1.54) is 0 Å². The second-order valence-electron chi connectivity index (χ2n) is 3.87. The number of hydrogen-bond donors (Lipinski definition) is 1. The van der Waals surface area contributed by atoms with Crippen molar-refractivity contribution in [2.45, 2.75) is 13.8 Å². The molecule has 2 aromatic rings. The van der Waals surface area contributed by atoms with Gasteiger partial charge in [0.2, 0.25) is 0 Å². The van der Waals surface area contributed by atoms with Crippen molar-refractivity contribution in [1.82, 2.24) is 4.98 Å². The molecular weight excluding hydrogens is 300 g/mol. The SMILES string of the molecule is Cc1ccc(Cl)c(Nc2ccc(Br)c(C)n2)c1. The summed E-state index contributed by atoms with van der Waals surface area (Å²) in [6, 6.07) is 9.74. The van der Waals surface area contributed by atoms with Gasteiger partial charge in [0.15, 0.2) is 0 Å². The Morgan fingerprint density at radius 1 is 1.18 bits per heavy atom. The minimum absolute atomic E-state index is 0.693. The summed E-state index contributed by atoms with van der Waals surface area (Å²) in [6.45, 7) is 3.98. The summed E-state index contributed by atoms with van der Waals surface area (Å²) < 4.78 is 0.999. The van der Waals surface area contributed by atoms with Crippen LogP contribution < -0.4 is 5.32 Å². The lowest BCUT2D eigenvalue weighted by Crippen LogP contribution is -1.96. The molecule has 0 saturated carbocycles. The van der Waals surface area contributed by atoms with E-state index in [4.69, 9.17) is 11.6 Å². The second-order valence-corrected chi connectivity index (χ2v) is 5.13. The van der Waals surface area contributed by atoms with Crippen LogP contribution in [0.15, 0.2) is 34.8 Å². The van der Waals surface area contributed by atoms with Crippen LogP contribution in [-0.2, 0) is 0 Å². The molecule has 2 nitrogen and oxygen atoms in total. The Balaban J connectivity index is 2.31. The van der Waals surface area contributed by atoms with Gasteiger partial charge in [0.25, 0.3) is 0 Å². The Bertz CT molecular complexity index is 555. The Labute approximate surface area is 114 Å². The minimum atomic E-state index is 0.693. The molecule has 0 saturated heterocycles. The number of pyridine rings is 1. The number of halogens is 2. The van der Waals surface area contributed by atoms with E-state index in [0.29, 0.717) is 5.02 Å². The molecule has 1 aromatic heterocycles. The number of rotatable bonds is 2. The molecule has 1 N–H and O–H groups in total. The van der Waals surface area contributed by atoms with E-state index in [2.05, 4.69) is 26.2 Å². The number of nitrogens with one attached hydrogen (secondary N) is 1. The fourth-order valence-corrected chi connectivity index (χ4v) is 1.87. The van der Waals surface area contributed by atoms with Crippen LogP contribution in [0.2, 0.25) is 5.02 Å². The van der Waals surface area contributed by atoms with Gasteiger partial charge in [0.05, 0.1) is 16.4 Å². The summed E-state index contributed by atoms with van der Waals surface area (Å²) in [4.78, 5) is 4.42. The highest BCUT2D eigenvalue weighted by atomic mass is 79.9. The van der Waals surface area contributed by atoms with E-state index in [9.17, 15) is 0 Å². The van der Waals surface area contributed by atoms with E-state index < -0.39 is 0 Å². The van der Waals surface area contributed by atoms with Crippen LogP contribution in [0.5, 0.6) is 0 Å². The Hall–Kier alpha value is -1.06.